The predicted molar refractivity (Wildman–Crippen MR) is 61.5 cm³/mol. The maximum atomic E-state index is 12.0. The number of aromatic nitrogens is 3. The predicted octanol–water partition coefficient (Wildman–Crippen LogP) is 2.33. The van der Waals surface area contributed by atoms with Crippen LogP contribution in [0.2, 0.25) is 0 Å². The number of benzene rings is 1. The molecule has 1 aromatic carbocycles. The van der Waals surface area contributed by atoms with Gasteiger partial charge in [-0.1, -0.05) is 5.21 Å². The lowest BCUT2D eigenvalue weighted by atomic mass is 10.3. The van der Waals surface area contributed by atoms with Gasteiger partial charge in [0, 0.05) is 18.9 Å². The molecule has 19 heavy (non-hydrogen) atoms. The molecule has 0 bridgehead atoms. The van der Waals surface area contributed by atoms with E-state index >= 15 is 0 Å². The molecule has 1 aromatic heterocycles. The van der Waals surface area contributed by atoms with Crippen molar-refractivity contribution in [3.63, 3.8) is 0 Å². The Hall–Kier alpha value is -2.25. The first-order valence-electron chi connectivity index (χ1n) is 5.37. The highest BCUT2D eigenvalue weighted by atomic mass is 19.4. The molecule has 0 aliphatic carbocycles. The number of ether oxygens (including phenoxy) is 1. The zero-order chi connectivity index (χ0) is 13.9. The summed E-state index contributed by atoms with van der Waals surface area (Å²) in [4.78, 5) is 0. The highest BCUT2D eigenvalue weighted by molar-refractivity contribution is 5.46. The molecule has 0 radical (unpaired) electrons. The van der Waals surface area contributed by atoms with Crippen molar-refractivity contribution in [3.8, 4) is 5.75 Å². The summed E-state index contributed by atoms with van der Waals surface area (Å²) in [5.74, 6) is -0.252. The van der Waals surface area contributed by atoms with E-state index in [4.69, 9.17) is 0 Å². The maximum Gasteiger partial charge on any atom is 0.573 e. The highest BCUT2D eigenvalue weighted by Crippen LogP contribution is 2.23. The van der Waals surface area contributed by atoms with Crippen molar-refractivity contribution in [1.82, 2.24) is 15.0 Å². The summed E-state index contributed by atoms with van der Waals surface area (Å²) in [6.07, 6.45) is -2.93. The molecule has 2 rings (SSSR count). The molecule has 1 N–H and O–H groups in total. The molecule has 0 saturated heterocycles. The lowest BCUT2D eigenvalue weighted by Crippen LogP contribution is -2.17. The summed E-state index contributed by atoms with van der Waals surface area (Å²) < 4.78 is 41.2. The van der Waals surface area contributed by atoms with Gasteiger partial charge in [-0.2, -0.15) is 0 Å². The van der Waals surface area contributed by atoms with Crippen LogP contribution >= 0.6 is 0 Å². The van der Waals surface area contributed by atoms with Crippen LogP contribution in [0, 0.1) is 0 Å². The fourth-order valence-electron chi connectivity index (χ4n) is 1.44. The van der Waals surface area contributed by atoms with E-state index in [2.05, 4.69) is 20.4 Å². The molecule has 1 heterocycles. The Balaban J connectivity index is 1.91. The number of alkyl halides is 3. The van der Waals surface area contributed by atoms with E-state index in [1.165, 1.54) is 24.3 Å². The van der Waals surface area contributed by atoms with Crippen LogP contribution < -0.4 is 10.1 Å². The molecule has 0 atom stereocenters. The van der Waals surface area contributed by atoms with Gasteiger partial charge in [-0.05, 0) is 24.3 Å². The van der Waals surface area contributed by atoms with Crippen molar-refractivity contribution in [3.05, 3.63) is 36.2 Å². The van der Waals surface area contributed by atoms with Crippen LogP contribution in [0.5, 0.6) is 5.75 Å². The molecule has 0 fully saturated rings. The first kappa shape index (κ1) is 13.2. The Bertz CT molecular complexity index is 536. The smallest absolute Gasteiger partial charge is 0.406 e. The highest BCUT2D eigenvalue weighted by Gasteiger charge is 2.30. The fourth-order valence-corrected chi connectivity index (χ4v) is 1.44. The number of nitrogens with zero attached hydrogens (tertiary/aromatic N) is 3. The van der Waals surface area contributed by atoms with E-state index in [9.17, 15) is 13.2 Å². The van der Waals surface area contributed by atoms with Crippen LogP contribution in [0.25, 0.3) is 0 Å². The van der Waals surface area contributed by atoms with Gasteiger partial charge in [-0.15, -0.1) is 18.3 Å². The molecular formula is C11H11F3N4O. The Kier molecular flexibility index (Phi) is 3.59. The van der Waals surface area contributed by atoms with E-state index < -0.39 is 6.36 Å². The van der Waals surface area contributed by atoms with Gasteiger partial charge in [0.25, 0.3) is 0 Å². The van der Waals surface area contributed by atoms with Crippen LogP contribution in [-0.2, 0) is 13.6 Å². The Morgan fingerprint density at radius 2 is 1.95 bits per heavy atom. The average Bonchev–Trinajstić information content (AvgIpc) is 2.72. The summed E-state index contributed by atoms with van der Waals surface area (Å²) in [5, 5.41) is 10.7. The first-order valence-corrected chi connectivity index (χ1v) is 5.37. The lowest BCUT2D eigenvalue weighted by molar-refractivity contribution is -0.274. The van der Waals surface area contributed by atoms with Crippen molar-refractivity contribution in [1.29, 1.82) is 0 Å². The van der Waals surface area contributed by atoms with Crippen molar-refractivity contribution < 1.29 is 17.9 Å². The van der Waals surface area contributed by atoms with Crippen LogP contribution in [0.3, 0.4) is 0 Å². The molecule has 0 spiro atoms. The van der Waals surface area contributed by atoms with Gasteiger partial charge in [-0.3, -0.25) is 4.68 Å². The molecule has 102 valence electrons. The van der Waals surface area contributed by atoms with Gasteiger partial charge < -0.3 is 10.1 Å². The van der Waals surface area contributed by atoms with E-state index in [0.29, 0.717) is 12.2 Å². The summed E-state index contributed by atoms with van der Waals surface area (Å²) in [6, 6.07) is 5.48. The number of nitrogens with one attached hydrogen (secondary N) is 1. The van der Waals surface area contributed by atoms with Crippen molar-refractivity contribution in [2.45, 2.75) is 12.9 Å². The standard InChI is InChI=1S/C11H11F3N4O/c1-18-7-9(16-17-18)6-15-8-2-4-10(5-3-8)19-11(12,13)14/h2-5,7,15H,6H2,1H3. The van der Waals surface area contributed by atoms with Crippen LogP contribution in [0.1, 0.15) is 5.69 Å². The number of halogens is 3. The third-order valence-electron chi connectivity index (χ3n) is 2.21. The minimum atomic E-state index is -4.67. The molecule has 0 saturated carbocycles. The van der Waals surface area contributed by atoms with Gasteiger partial charge >= 0.3 is 6.36 Å². The summed E-state index contributed by atoms with van der Waals surface area (Å²) in [5.41, 5.74) is 1.40. The molecule has 8 heteroatoms. The monoisotopic (exact) mass is 272 g/mol. The molecule has 0 unspecified atom stereocenters. The fraction of sp³-hybridized carbons (Fsp3) is 0.273. The third kappa shape index (κ3) is 4.16. The largest absolute Gasteiger partial charge is 0.573 e. The molecule has 2 aromatic rings. The van der Waals surface area contributed by atoms with Gasteiger partial charge in [0.1, 0.15) is 11.4 Å². The Morgan fingerprint density at radius 3 is 2.47 bits per heavy atom. The minimum absolute atomic E-state index is 0.252. The normalized spacial score (nSPS) is 11.4. The first-order chi connectivity index (χ1) is 8.92. The zero-order valence-corrected chi connectivity index (χ0v) is 9.98. The molecular weight excluding hydrogens is 261 g/mol. The molecule has 0 aliphatic rings. The second kappa shape index (κ2) is 5.17. The molecule has 5 nitrogen and oxygen atoms in total. The van der Waals surface area contributed by atoms with Gasteiger partial charge in [0.2, 0.25) is 0 Å². The van der Waals surface area contributed by atoms with Crippen LogP contribution in [0.4, 0.5) is 18.9 Å². The zero-order valence-electron chi connectivity index (χ0n) is 9.98. The SMILES string of the molecule is Cn1cc(CNc2ccc(OC(F)(F)F)cc2)nn1. The van der Waals surface area contributed by atoms with Gasteiger partial charge in [-0.25, -0.2) is 0 Å². The number of hydrogen-bond acceptors (Lipinski definition) is 4. The second-order valence-electron chi connectivity index (χ2n) is 3.81. The average molecular weight is 272 g/mol. The minimum Gasteiger partial charge on any atom is -0.406 e. The van der Waals surface area contributed by atoms with Crippen molar-refractivity contribution >= 4 is 5.69 Å². The molecule has 0 aliphatic heterocycles. The lowest BCUT2D eigenvalue weighted by Gasteiger charge is -2.09. The third-order valence-corrected chi connectivity index (χ3v) is 2.21. The van der Waals surface area contributed by atoms with E-state index in [1.807, 2.05) is 0 Å². The molecule has 0 amide bonds. The number of anilines is 1. The van der Waals surface area contributed by atoms with Gasteiger partial charge in [0.05, 0.1) is 6.54 Å². The second-order valence-corrected chi connectivity index (χ2v) is 3.81. The van der Waals surface area contributed by atoms with E-state index in [0.717, 1.165) is 5.69 Å². The topological polar surface area (TPSA) is 52.0 Å². The number of rotatable bonds is 4. The summed E-state index contributed by atoms with van der Waals surface area (Å²) >= 11 is 0. The number of aryl methyl sites for hydroxylation is 1. The Morgan fingerprint density at radius 1 is 1.26 bits per heavy atom. The van der Waals surface area contributed by atoms with E-state index in [1.54, 1.807) is 17.9 Å². The number of hydrogen-bond donors (Lipinski definition) is 1. The van der Waals surface area contributed by atoms with Gasteiger partial charge in [0.15, 0.2) is 0 Å². The van der Waals surface area contributed by atoms with E-state index in [-0.39, 0.29) is 5.75 Å². The quantitative estimate of drug-likeness (QED) is 0.928. The van der Waals surface area contributed by atoms with Crippen LogP contribution in [0.15, 0.2) is 30.5 Å². The van der Waals surface area contributed by atoms with Crippen molar-refractivity contribution in [2.75, 3.05) is 5.32 Å². The summed E-state index contributed by atoms with van der Waals surface area (Å²) in [6.45, 7) is 0.438. The Labute approximate surface area is 107 Å². The van der Waals surface area contributed by atoms with Crippen LogP contribution in [-0.4, -0.2) is 21.4 Å². The summed E-state index contributed by atoms with van der Waals surface area (Å²) in [7, 11) is 1.75. The maximum absolute atomic E-state index is 12.0. The van der Waals surface area contributed by atoms with Crippen molar-refractivity contribution in [2.24, 2.45) is 7.05 Å².